The maximum Gasteiger partial charge on any atom is 0.707 e. The molecule has 7 heteroatoms. The summed E-state index contributed by atoms with van der Waals surface area (Å²) in [5.41, 5.74) is -0.961. The zero-order valence-electron chi connectivity index (χ0n) is 13.9. The molecule has 2 N–H and O–H groups in total. The summed E-state index contributed by atoms with van der Waals surface area (Å²) >= 11 is 0. The van der Waals surface area contributed by atoms with Crippen molar-refractivity contribution in [2.45, 2.75) is 51.7 Å². The molecular weight excluding hydrogens is 299 g/mol. The lowest BCUT2D eigenvalue weighted by Gasteiger charge is -2.43. The molecule has 1 aliphatic rings. The Balaban J connectivity index is 2.54. The molecule has 0 aliphatic carbocycles. The molecule has 1 aromatic carbocycles. The first-order valence-electron chi connectivity index (χ1n) is 7.38. The van der Waals surface area contributed by atoms with Crippen LogP contribution in [0.2, 0.25) is 0 Å². The van der Waals surface area contributed by atoms with Crippen LogP contribution in [0.4, 0.5) is 0 Å². The SMILES string of the molecule is Cc1ccc(OB(O)O)cc1C1C(=O)C(C)(C)OC(C)(C)C1=O. The van der Waals surface area contributed by atoms with Crippen LogP contribution < -0.4 is 4.65 Å². The Hall–Kier alpha value is -1.70. The smallest absolute Gasteiger partial charge is 0.512 e. The molecule has 6 nitrogen and oxygen atoms in total. The monoisotopic (exact) mass is 320 g/mol. The first-order valence-corrected chi connectivity index (χ1v) is 7.38. The highest BCUT2D eigenvalue weighted by Crippen LogP contribution is 2.40. The van der Waals surface area contributed by atoms with Crippen molar-refractivity contribution < 1.29 is 29.0 Å². The summed E-state index contributed by atoms with van der Waals surface area (Å²) in [4.78, 5) is 25.5. The van der Waals surface area contributed by atoms with Crippen LogP contribution in [0.3, 0.4) is 0 Å². The number of ketones is 2. The molecule has 0 saturated carbocycles. The standard InChI is InChI=1S/C16H21BO6/c1-9-6-7-10(22-17(20)21)8-11(9)12-13(18)15(2,3)23-16(4,5)14(12)19/h6-8,12,20-21H,1-5H3. The molecular formula is C16H21BO6. The summed E-state index contributed by atoms with van der Waals surface area (Å²) in [5, 5.41) is 17.9. The lowest BCUT2D eigenvalue weighted by molar-refractivity contribution is -0.184. The quantitative estimate of drug-likeness (QED) is 0.641. The summed E-state index contributed by atoms with van der Waals surface area (Å²) in [5.74, 6) is -1.46. The van der Waals surface area contributed by atoms with E-state index in [0.29, 0.717) is 5.56 Å². The molecule has 1 fully saturated rings. The van der Waals surface area contributed by atoms with Gasteiger partial charge in [-0.2, -0.15) is 0 Å². The minimum atomic E-state index is -1.97. The van der Waals surface area contributed by atoms with Gasteiger partial charge in [0.05, 0.1) is 0 Å². The van der Waals surface area contributed by atoms with Gasteiger partial charge in [0.25, 0.3) is 0 Å². The van der Waals surface area contributed by atoms with Crippen LogP contribution in [0, 0.1) is 6.92 Å². The number of hydrogen-bond donors (Lipinski definition) is 2. The maximum absolute atomic E-state index is 12.7. The predicted molar refractivity (Wildman–Crippen MR) is 84.0 cm³/mol. The first-order chi connectivity index (χ1) is 10.5. The highest BCUT2D eigenvalue weighted by Gasteiger charge is 2.53. The Bertz CT molecular complexity index is 624. The summed E-state index contributed by atoms with van der Waals surface area (Å²) < 4.78 is 10.5. The molecule has 1 heterocycles. The molecule has 124 valence electrons. The molecule has 1 aromatic rings. The molecule has 0 atom stereocenters. The average Bonchev–Trinajstić information content (AvgIpc) is 2.39. The number of carbonyl (C=O) groups is 2. The molecule has 23 heavy (non-hydrogen) atoms. The topological polar surface area (TPSA) is 93.1 Å². The molecule has 1 saturated heterocycles. The number of aryl methyl sites for hydroxylation is 1. The van der Waals surface area contributed by atoms with Crippen molar-refractivity contribution in [2.24, 2.45) is 0 Å². The normalized spacial score (nSPS) is 20.5. The number of hydrogen-bond acceptors (Lipinski definition) is 6. The number of carbonyl (C=O) groups excluding carboxylic acids is 2. The minimum Gasteiger partial charge on any atom is -0.512 e. The van der Waals surface area contributed by atoms with Gasteiger partial charge in [-0.25, -0.2) is 0 Å². The van der Waals surface area contributed by atoms with E-state index < -0.39 is 24.4 Å². The number of ether oxygens (including phenoxy) is 1. The van der Waals surface area contributed by atoms with E-state index in [1.165, 1.54) is 6.07 Å². The van der Waals surface area contributed by atoms with Gasteiger partial charge in [-0.3, -0.25) is 9.59 Å². The van der Waals surface area contributed by atoms with Crippen molar-refractivity contribution >= 4 is 18.9 Å². The van der Waals surface area contributed by atoms with Crippen LogP contribution in [0.15, 0.2) is 18.2 Å². The average molecular weight is 320 g/mol. The van der Waals surface area contributed by atoms with Crippen molar-refractivity contribution in [2.75, 3.05) is 0 Å². The van der Waals surface area contributed by atoms with Gasteiger partial charge < -0.3 is 19.4 Å². The Kier molecular flexibility index (Phi) is 4.41. The molecule has 2 rings (SSSR count). The maximum atomic E-state index is 12.7. The Morgan fingerprint density at radius 2 is 1.61 bits per heavy atom. The van der Waals surface area contributed by atoms with E-state index >= 15 is 0 Å². The highest BCUT2D eigenvalue weighted by atomic mass is 16.6. The third kappa shape index (κ3) is 3.31. The molecule has 1 aliphatic heterocycles. The predicted octanol–water partition coefficient (Wildman–Crippen LogP) is 1.15. The van der Waals surface area contributed by atoms with Crippen LogP contribution in [-0.2, 0) is 14.3 Å². The summed E-state index contributed by atoms with van der Waals surface area (Å²) in [7, 11) is -1.97. The van der Waals surface area contributed by atoms with E-state index in [0.717, 1.165) is 5.56 Å². The second kappa shape index (κ2) is 5.74. The third-order valence-electron chi connectivity index (χ3n) is 4.02. The minimum absolute atomic E-state index is 0.170. The van der Waals surface area contributed by atoms with Crippen molar-refractivity contribution in [3.05, 3.63) is 29.3 Å². The Morgan fingerprint density at radius 1 is 1.09 bits per heavy atom. The molecule has 0 unspecified atom stereocenters. The lowest BCUT2D eigenvalue weighted by atomic mass is 9.74. The van der Waals surface area contributed by atoms with Crippen LogP contribution in [0.5, 0.6) is 5.75 Å². The van der Waals surface area contributed by atoms with Gasteiger partial charge in [0, 0.05) is 0 Å². The van der Waals surface area contributed by atoms with E-state index in [-0.39, 0.29) is 17.3 Å². The van der Waals surface area contributed by atoms with Gasteiger partial charge in [-0.15, -0.1) is 0 Å². The van der Waals surface area contributed by atoms with Crippen molar-refractivity contribution in [3.63, 3.8) is 0 Å². The Morgan fingerprint density at radius 3 is 2.09 bits per heavy atom. The number of rotatable bonds is 3. The molecule has 0 amide bonds. The van der Waals surface area contributed by atoms with E-state index in [9.17, 15) is 9.59 Å². The van der Waals surface area contributed by atoms with Crippen LogP contribution >= 0.6 is 0 Å². The van der Waals surface area contributed by atoms with Gasteiger partial charge in [0.1, 0.15) is 22.9 Å². The van der Waals surface area contributed by atoms with E-state index in [1.54, 1.807) is 46.8 Å². The van der Waals surface area contributed by atoms with Crippen molar-refractivity contribution in [1.29, 1.82) is 0 Å². The molecule has 0 bridgehead atoms. The van der Waals surface area contributed by atoms with E-state index in [1.807, 2.05) is 0 Å². The van der Waals surface area contributed by atoms with Crippen molar-refractivity contribution in [3.8, 4) is 5.75 Å². The summed E-state index contributed by atoms with van der Waals surface area (Å²) in [6.07, 6.45) is 0. The fourth-order valence-electron chi connectivity index (χ4n) is 2.96. The molecule has 0 radical (unpaired) electrons. The van der Waals surface area contributed by atoms with Crippen LogP contribution in [0.1, 0.15) is 44.7 Å². The second-order valence-corrected chi connectivity index (χ2v) is 6.75. The third-order valence-corrected chi connectivity index (χ3v) is 4.02. The largest absolute Gasteiger partial charge is 0.707 e. The van der Waals surface area contributed by atoms with Crippen LogP contribution in [-0.4, -0.2) is 40.1 Å². The molecule has 0 spiro atoms. The number of Topliss-reactive ketones (excluding diaryl/α,β-unsaturated/α-hetero) is 2. The number of benzene rings is 1. The van der Waals surface area contributed by atoms with Crippen molar-refractivity contribution in [1.82, 2.24) is 0 Å². The van der Waals surface area contributed by atoms with Gasteiger partial charge in [-0.05, 0) is 57.9 Å². The first kappa shape index (κ1) is 17.7. The zero-order chi connectivity index (χ0) is 17.6. The van der Waals surface area contributed by atoms with Gasteiger partial charge in [0.15, 0.2) is 11.6 Å². The molecule has 0 aromatic heterocycles. The van der Waals surface area contributed by atoms with Gasteiger partial charge in [0.2, 0.25) is 0 Å². The fraction of sp³-hybridized carbons (Fsp3) is 0.500. The van der Waals surface area contributed by atoms with Gasteiger partial charge in [-0.1, -0.05) is 6.07 Å². The zero-order valence-corrected chi connectivity index (χ0v) is 13.9. The summed E-state index contributed by atoms with van der Waals surface area (Å²) in [6, 6.07) is 4.71. The fourth-order valence-corrected chi connectivity index (χ4v) is 2.96. The lowest BCUT2D eigenvalue weighted by Crippen LogP contribution is -2.58. The van der Waals surface area contributed by atoms with Crippen LogP contribution in [0.25, 0.3) is 0 Å². The second-order valence-electron chi connectivity index (χ2n) is 6.75. The summed E-state index contributed by atoms with van der Waals surface area (Å²) in [6.45, 7) is 8.35. The van der Waals surface area contributed by atoms with E-state index in [4.69, 9.17) is 19.4 Å². The highest BCUT2D eigenvalue weighted by molar-refractivity contribution is 6.33. The Labute approximate surface area is 135 Å². The van der Waals surface area contributed by atoms with E-state index in [2.05, 4.69) is 0 Å². The van der Waals surface area contributed by atoms with Gasteiger partial charge >= 0.3 is 7.32 Å².